The summed E-state index contributed by atoms with van der Waals surface area (Å²) in [7, 11) is 0. The molecule has 0 radical (unpaired) electrons. The molecule has 0 aromatic carbocycles. The minimum absolute atomic E-state index is 0.833. The van der Waals surface area contributed by atoms with Crippen molar-refractivity contribution >= 4 is 0 Å². The zero-order valence-electron chi connectivity index (χ0n) is 11.7. The van der Waals surface area contributed by atoms with Gasteiger partial charge in [-0.05, 0) is 44.3 Å². The molecule has 1 aliphatic rings. The summed E-state index contributed by atoms with van der Waals surface area (Å²) in [5.74, 6) is 1.94. The Hall–Kier alpha value is -0.800. The first-order valence-electron chi connectivity index (χ1n) is 7.27. The molecule has 2 rings (SSSR count). The molecule has 1 fully saturated rings. The molecule has 1 unspecified atom stereocenters. The summed E-state index contributed by atoms with van der Waals surface area (Å²) in [6.45, 7) is 9.92. The van der Waals surface area contributed by atoms with Gasteiger partial charge in [-0.3, -0.25) is 4.90 Å². The summed E-state index contributed by atoms with van der Waals surface area (Å²) in [5.41, 5.74) is 1.27. The van der Waals surface area contributed by atoms with E-state index in [1.807, 2.05) is 6.26 Å². The maximum atomic E-state index is 5.65. The lowest BCUT2D eigenvalue weighted by molar-refractivity contribution is 0.165. The lowest BCUT2D eigenvalue weighted by Gasteiger charge is -2.29. The summed E-state index contributed by atoms with van der Waals surface area (Å²) in [4.78, 5) is 2.51. The van der Waals surface area contributed by atoms with E-state index in [1.165, 1.54) is 37.9 Å². The van der Waals surface area contributed by atoms with Crippen LogP contribution >= 0.6 is 0 Å². The van der Waals surface area contributed by atoms with Crippen molar-refractivity contribution in [2.45, 2.75) is 46.2 Å². The summed E-state index contributed by atoms with van der Waals surface area (Å²) in [6, 6.07) is 2.20. The van der Waals surface area contributed by atoms with Gasteiger partial charge in [0, 0.05) is 18.7 Å². The highest BCUT2D eigenvalue weighted by Gasteiger charge is 2.17. The highest BCUT2D eigenvalue weighted by atomic mass is 16.3. The molecule has 1 saturated heterocycles. The average molecular weight is 250 g/mol. The number of likely N-dealkylation sites (tertiary alicyclic amines) is 1. The molecule has 0 aliphatic carbocycles. The number of hydrogen-bond donors (Lipinski definition) is 1. The Bertz CT molecular complexity index is 348. The molecule has 1 N–H and O–H groups in total. The van der Waals surface area contributed by atoms with Crippen LogP contribution in [0.2, 0.25) is 0 Å². The largest absolute Gasteiger partial charge is 0.468 e. The molecule has 2 heterocycles. The zero-order chi connectivity index (χ0) is 12.8. The van der Waals surface area contributed by atoms with Gasteiger partial charge in [0.2, 0.25) is 0 Å². The van der Waals surface area contributed by atoms with Gasteiger partial charge in [-0.1, -0.05) is 13.8 Å². The van der Waals surface area contributed by atoms with Crippen LogP contribution in [-0.2, 0) is 13.1 Å². The fourth-order valence-electron chi connectivity index (χ4n) is 2.66. The van der Waals surface area contributed by atoms with Crippen LogP contribution in [0.25, 0.3) is 0 Å². The van der Waals surface area contributed by atoms with Crippen molar-refractivity contribution in [2.75, 3.05) is 19.6 Å². The third-order valence-electron chi connectivity index (χ3n) is 3.58. The SMILES string of the molecule is CCCNCc1coc(CN2CCCC(C)C2)c1. The maximum absolute atomic E-state index is 5.65. The van der Waals surface area contributed by atoms with Crippen LogP contribution in [0, 0.1) is 5.92 Å². The Morgan fingerprint density at radius 1 is 1.50 bits per heavy atom. The van der Waals surface area contributed by atoms with Crippen molar-refractivity contribution in [2.24, 2.45) is 5.92 Å². The molecule has 102 valence electrons. The van der Waals surface area contributed by atoms with Gasteiger partial charge in [-0.15, -0.1) is 0 Å². The third-order valence-corrected chi connectivity index (χ3v) is 3.58. The third kappa shape index (κ3) is 4.14. The summed E-state index contributed by atoms with van der Waals surface area (Å²) < 4.78 is 5.65. The van der Waals surface area contributed by atoms with E-state index in [2.05, 4.69) is 30.1 Å². The first-order chi connectivity index (χ1) is 8.78. The monoisotopic (exact) mass is 250 g/mol. The number of nitrogens with zero attached hydrogens (tertiary/aromatic N) is 1. The first-order valence-corrected chi connectivity index (χ1v) is 7.27. The summed E-state index contributed by atoms with van der Waals surface area (Å²) >= 11 is 0. The maximum Gasteiger partial charge on any atom is 0.118 e. The number of rotatable bonds is 6. The Labute approximate surface area is 111 Å². The zero-order valence-corrected chi connectivity index (χ0v) is 11.7. The van der Waals surface area contributed by atoms with Crippen molar-refractivity contribution in [3.05, 3.63) is 23.7 Å². The van der Waals surface area contributed by atoms with E-state index in [0.717, 1.165) is 31.3 Å². The van der Waals surface area contributed by atoms with Crippen LogP contribution < -0.4 is 5.32 Å². The number of nitrogens with one attached hydrogen (secondary N) is 1. The van der Waals surface area contributed by atoms with E-state index < -0.39 is 0 Å². The highest BCUT2D eigenvalue weighted by Crippen LogP contribution is 2.18. The van der Waals surface area contributed by atoms with E-state index in [4.69, 9.17) is 4.42 Å². The van der Waals surface area contributed by atoms with Gasteiger partial charge in [0.25, 0.3) is 0 Å². The van der Waals surface area contributed by atoms with E-state index >= 15 is 0 Å². The quantitative estimate of drug-likeness (QED) is 0.787. The predicted octanol–water partition coefficient (Wildman–Crippen LogP) is 3.01. The Morgan fingerprint density at radius 3 is 3.17 bits per heavy atom. The molecule has 0 spiro atoms. The van der Waals surface area contributed by atoms with Gasteiger partial charge in [0.15, 0.2) is 0 Å². The summed E-state index contributed by atoms with van der Waals surface area (Å²) in [6.07, 6.45) is 5.77. The highest BCUT2D eigenvalue weighted by molar-refractivity contribution is 5.12. The molecule has 18 heavy (non-hydrogen) atoms. The van der Waals surface area contributed by atoms with E-state index in [-0.39, 0.29) is 0 Å². The first kappa shape index (κ1) is 13.6. The molecule has 1 aromatic heterocycles. The van der Waals surface area contributed by atoms with E-state index in [1.54, 1.807) is 0 Å². The van der Waals surface area contributed by atoms with Crippen molar-refractivity contribution < 1.29 is 4.42 Å². The standard InChI is InChI=1S/C15H26N2O/c1-3-6-16-9-14-8-15(18-12-14)11-17-7-4-5-13(2)10-17/h8,12-13,16H,3-7,9-11H2,1-2H3. The van der Waals surface area contributed by atoms with Crippen LogP contribution in [0.3, 0.4) is 0 Å². The normalized spacial score (nSPS) is 21.3. The molecule has 0 amide bonds. The minimum Gasteiger partial charge on any atom is -0.468 e. The predicted molar refractivity (Wildman–Crippen MR) is 74.4 cm³/mol. The van der Waals surface area contributed by atoms with Gasteiger partial charge in [-0.2, -0.15) is 0 Å². The number of piperidine rings is 1. The summed E-state index contributed by atoms with van der Waals surface area (Å²) in [5, 5.41) is 3.40. The Kier molecular flexibility index (Phi) is 5.26. The van der Waals surface area contributed by atoms with Crippen LogP contribution in [0.5, 0.6) is 0 Å². The topological polar surface area (TPSA) is 28.4 Å². The second-order valence-electron chi connectivity index (χ2n) is 5.58. The smallest absolute Gasteiger partial charge is 0.118 e. The van der Waals surface area contributed by atoms with Crippen molar-refractivity contribution in [3.63, 3.8) is 0 Å². The molecule has 1 atom stereocenters. The van der Waals surface area contributed by atoms with Gasteiger partial charge >= 0.3 is 0 Å². The Morgan fingerprint density at radius 2 is 2.39 bits per heavy atom. The fraction of sp³-hybridized carbons (Fsp3) is 0.733. The minimum atomic E-state index is 0.833. The van der Waals surface area contributed by atoms with Gasteiger partial charge in [0.05, 0.1) is 12.8 Å². The molecule has 0 bridgehead atoms. The van der Waals surface area contributed by atoms with Crippen LogP contribution in [0.4, 0.5) is 0 Å². The molecule has 0 saturated carbocycles. The van der Waals surface area contributed by atoms with Crippen molar-refractivity contribution in [3.8, 4) is 0 Å². The van der Waals surface area contributed by atoms with E-state index in [0.29, 0.717) is 0 Å². The molecule has 1 aliphatic heterocycles. The Balaban J connectivity index is 1.78. The van der Waals surface area contributed by atoms with Crippen molar-refractivity contribution in [1.82, 2.24) is 10.2 Å². The molecular weight excluding hydrogens is 224 g/mol. The molecule has 3 nitrogen and oxygen atoms in total. The van der Waals surface area contributed by atoms with Crippen LogP contribution in [-0.4, -0.2) is 24.5 Å². The molecular formula is C15H26N2O. The molecule has 1 aromatic rings. The van der Waals surface area contributed by atoms with Crippen molar-refractivity contribution in [1.29, 1.82) is 0 Å². The second kappa shape index (κ2) is 6.95. The van der Waals surface area contributed by atoms with Gasteiger partial charge in [-0.25, -0.2) is 0 Å². The van der Waals surface area contributed by atoms with E-state index in [9.17, 15) is 0 Å². The number of hydrogen-bond acceptors (Lipinski definition) is 3. The number of furan rings is 1. The lowest BCUT2D eigenvalue weighted by atomic mass is 10.0. The average Bonchev–Trinajstić information content (AvgIpc) is 2.77. The second-order valence-corrected chi connectivity index (χ2v) is 5.58. The fourth-order valence-corrected chi connectivity index (χ4v) is 2.66. The lowest BCUT2D eigenvalue weighted by Crippen LogP contribution is -2.33. The molecule has 3 heteroatoms. The van der Waals surface area contributed by atoms with Crippen LogP contribution in [0.15, 0.2) is 16.7 Å². The van der Waals surface area contributed by atoms with Crippen LogP contribution in [0.1, 0.15) is 44.4 Å². The van der Waals surface area contributed by atoms with Gasteiger partial charge in [0.1, 0.15) is 5.76 Å². The van der Waals surface area contributed by atoms with Gasteiger partial charge < -0.3 is 9.73 Å².